The molecule has 3 heterocycles. The van der Waals surface area contributed by atoms with E-state index < -0.39 is 16.1 Å². The van der Waals surface area contributed by atoms with Crippen molar-refractivity contribution in [3.05, 3.63) is 66.1 Å². The molecule has 0 aliphatic heterocycles. The highest BCUT2D eigenvalue weighted by atomic mass is 28.3. The lowest BCUT2D eigenvalue weighted by molar-refractivity contribution is 0.0937. The Bertz CT molecular complexity index is 1620. The molecule has 2 saturated carbocycles. The third-order valence-electron chi connectivity index (χ3n) is 10.1. The summed E-state index contributed by atoms with van der Waals surface area (Å²) in [5.74, 6) is 2.63. The number of ether oxygens (including phenoxy) is 2. The molecule has 0 unspecified atom stereocenters. The summed E-state index contributed by atoms with van der Waals surface area (Å²) in [5.41, 5.74) is 6.59. The molecular weight excluding hydrogens is 631 g/mol. The van der Waals surface area contributed by atoms with E-state index in [0.29, 0.717) is 32.6 Å². The van der Waals surface area contributed by atoms with Gasteiger partial charge in [-0.15, -0.1) is 0 Å². The van der Waals surface area contributed by atoms with Crippen LogP contribution in [0.1, 0.15) is 49.3 Å². The van der Waals surface area contributed by atoms with Gasteiger partial charge in [-0.3, -0.25) is 4.98 Å². The fraction of sp³-hybridized carbons (Fsp3) is 0.553. The molecule has 0 radical (unpaired) electrons. The molecule has 1 aromatic carbocycles. The van der Waals surface area contributed by atoms with Crippen LogP contribution in [0, 0.1) is 11.8 Å². The van der Waals surface area contributed by atoms with E-state index in [0.717, 1.165) is 81.9 Å². The largest absolute Gasteiger partial charge is 0.391 e. The van der Waals surface area contributed by atoms with E-state index >= 15 is 0 Å². The summed E-state index contributed by atoms with van der Waals surface area (Å²) in [7, 11) is -2.53. The molecule has 2 fully saturated rings. The Labute approximate surface area is 288 Å². The molecule has 48 heavy (non-hydrogen) atoms. The van der Waals surface area contributed by atoms with Gasteiger partial charge in [0.25, 0.3) is 0 Å². The van der Waals surface area contributed by atoms with Crippen LogP contribution in [0.15, 0.2) is 54.9 Å². The number of aliphatic hydroxyl groups excluding tert-OH is 1. The number of benzene rings is 1. The van der Waals surface area contributed by atoms with Gasteiger partial charge in [0.2, 0.25) is 0 Å². The Morgan fingerprint density at radius 3 is 2.02 bits per heavy atom. The lowest BCUT2D eigenvalue weighted by Gasteiger charge is -2.32. The minimum absolute atomic E-state index is 0.109. The molecule has 2 bridgehead atoms. The summed E-state index contributed by atoms with van der Waals surface area (Å²) in [5, 5.41) is 16.1. The number of pyridine rings is 1. The van der Waals surface area contributed by atoms with Crippen molar-refractivity contribution in [3.8, 4) is 22.4 Å². The predicted molar refractivity (Wildman–Crippen MR) is 201 cm³/mol. The van der Waals surface area contributed by atoms with Crippen LogP contribution in [0.5, 0.6) is 0 Å². The van der Waals surface area contributed by atoms with E-state index in [-0.39, 0.29) is 6.61 Å². The first-order valence-electron chi connectivity index (χ1n) is 17.9. The van der Waals surface area contributed by atoms with Crippen molar-refractivity contribution in [2.75, 3.05) is 31.6 Å². The Balaban J connectivity index is 1.42. The molecule has 10 heteroatoms. The van der Waals surface area contributed by atoms with Gasteiger partial charge < -0.3 is 19.5 Å². The van der Waals surface area contributed by atoms with Gasteiger partial charge in [-0.2, -0.15) is 9.61 Å². The second-order valence-electron chi connectivity index (χ2n) is 16.5. The summed E-state index contributed by atoms with van der Waals surface area (Å²) < 4.78 is 14.7. The smallest absolute Gasteiger partial charge is 0.165 e. The summed E-state index contributed by atoms with van der Waals surface area (Å²) >= 11 is 0. The van der Waals surface area contributed by atoms with Crippen LogP contribution in [-0.2, 0) is 16.1 Å². The first-order chi connectivity index (χ1) is 23.0. The highest BCUT2D eigenvalue weighted by Crippen LogP contribution is 2.49. The molecule has 0 spiro atoms. The van der Waals surface area contributed by atoms with Gasteiger partial charge in [0, 0.05) is 63.7 Å². The molecule has 6 rings (SSSR count). The van der Waals surface area contributed by atoms with Crippen molar-refractivity contribution in [1.82, 2.24) is 19.6 Å². The van der Waals surface area contributed by atoms with Gasteiger partial charge in [0.15, 0.2) is 5.65 Å². The molecule has 0 amide bonds. The van der Waals surface area contributed by atoms with Crippen LogP contribution in [0.4, 0.5) is 5.82 Å². The maximum atomic E-state index is 11.1. The minimum Gasteiger partial charge on any atom is -0.391 e. The normalized spacial score (nSPS) is 19.7. The fourth-order valence-corrected chi connectivity index (χ4v) is 8.89. The van der Waals surface area contributed by atoms with Gasteiger partial charge in [0.05, 0.1) is 24.2 Å². The summed E-state index contributed by atoms with van der Waals surface area (Å²) in [6.07, 6.45) is 10.0. The monoisotopic (exact) mass is 685 g/mol. The minimum atomic E-state index is -1.26. The van der Waals surface area contributed by atoms with Crippen LogP contribution >= 0.6 is 0 Å². The highest BCUT2D eigenvalue weighted by Gasteiger charge is 2.37. The Hall–Kier alpha value is -2.90. The average molecular weight is 686 g/mol. The summed E-state index contributed by atoms with van der Waals surface area (Å²) in [4.78, 5) is 12.4. The average Bonchev–Trinajstić information content (AvgIpc) is 3.64. The second kappa shape index (κ2) is 14.9. The molecule has 2 aliphatic carbocycles. The van der Waals surface area contributed by atoms with Gasteiger partial charge in [-0.1, -0.05) is 88.5 Å². The molecule has 1 N–H and O–H groups in total. The van der Waals surface area contributed by atoms with Gasteiger partial charge in [-0.05, 0) is 49.3 Å². The first-order valence-corrected chi connectivity index (χ1v) is 25.3. The molecule has 258 valence electrons. The van der Waals surface area contributed by atoms with Crippen molar-refractivity contribution in [2.45, 2.75) is 96.0 Å². The number of hydrogen-bond acceptors (Lipinski definition) is 7. The molecule has 0 saturated heterocycles. The highest BCUT2D eigenvalue weighted by molar-refractivity contribution is 6.76. The predicted octanol–water partition coefficient (Wildman–Crippen LogP) is 8.68. The van der Waals surface area contributed by atoms with E-state index in [1.54, 1.807) is 0 Å². The topological polar surface area (TPSA) is 85.0 Å². The zero-order chi connectivity index (χ0) is 33.9. The Morgan fingerprint density at radius 1 is 0.812 bits per heavy atom. The second-order valence-corrected chi connectivity index (χ2v) is 27.7. The molecule has 4 aromatic rings. The number of aliphatic hydroxyl groups is 1. The zero-order valence-electron chi connectivity index (χ0n) is 29.9. The standard InChI is InChI=1S/C38H55N5O3Si2/c1-47(2,3)18-16-45-26-42(27-46-17-19-48(4,5)6)38-34(25-44)36(32-21-28-12-13-29(20-28)22-32)41-37-33(24-40-43(37)38)31-14-15-35(39-23-31)30-10-8-7-9-11-30/h7-11,14-15,23-24,28-29,32,44H,12-13,16-22,25-27H2,1-6H3/t28-,29+,32+. The van der Waals surface area contributed by atoms with E-state index in [9.17, 15) is 5.11 Å². The van der Waals surface area contributed by atoms with Crippen LogP contribution in [0.2, 0.25) is 51.4 Å². The SMILES string of the molecule is C[Si](C)(C)CCOCN(COCC[Si](C)(C)C)c1c(CO)c([C@H]2C[C@@H]3CC[C@@H](C3)C2)nc2c(-c3ccc(-c4ccccc4)nc3)cnn12. The van der Waals surface area contributed by atoms with Crippen LogP contribution < -0.4 is 4.90 Å². The molecule has 2 aliphatic rings. The third kappa shape index (κ3) is 8.45. The summed E-state index contributed by atoms with van der Waals surface area (Å²) in [6.45, 7) is 16.3. The van der Waals surface area contributed by atoms with Crippen molar-refractivity contribution in [1.29, 1.82) is 0 Å². The van der Waals surface area contributed by atoms with Crippen molar-refractivity contribution >= 4 is 27.6 Å². The van der Waals surface area contributed by atoms with E-state index in [1.165, 1.54) is 19.3 Å². The number of anilines is 1. The van der Waals surface area contributed by atoms with Crippen LogP contribution in [0.25, 0.3) is 28.0 Å². The molecule has 3 aromatic heterocycles. The summed E-state index contributed by atoms with van der Waals surface area (Å²) in [6, 6.07) is 16.6. The Kier molecular flexibility index (Phi) is 10.9. The number of hydrogen-bond donors (Lipinski definition) is 1. The van der Waals surface area contributed by atoms with Crippen molar-refractivity contribution < 1.29 is 14.6 Å². The Morgan fingerprint density at radius 2 is 1.46 bits per heavy atom. The molecular formula is C38H55N5O3Si2. The maximum absolute atomic E-state index is 11.1. The number of aromatic nitrogens is 4. The third-order valence-corrected chi connectivity index (χ3v) is 13.5. The lowest BCUT2D eigenvalue weighted by Crippen LogP contribution is -2.34. The van der Waals surface area contributed by atoms with E-state index in [2.05, 4.69) is 68.4 Å². The van der Waals surface area contributed by atoms with Gasteiger partial charge >= 0.3 is 0 Å². The van der Waals surface area contributed by atoms with Crippen LogP contribution in [-0.4, -0.2) is 67.5 Å². The zero-order valence-corrected chi connectivity index (χ0v) is 31.9. The van der Waals surface area contributed by atoms with Gasteiger partial charge in [-0.25, -0.2) is 4.98 Å². The molecule has 3 atom stereocenters. The molecule has 8 nitrogen and oxygen atoms in total. The number of rotatable bonds is 15. The van der Waals surface area contributed by atoms with Crippen LogP contribution in [0.3, 0.4) is 0 Å². The van der Waals surface area contributed by atoms with Crippen molar-refractivity contribution in [2.24, 2.45) is 11.8 Å². The van der Waals surface area contributed by atoms with Crippen molar-refractivity contribution in [3.63, 3.8) is 0 Å². The number of nitrogens with zero attached hydrogens (tertiary/aromatic N) is 5. The maximum Gasteiger partial charge on any atom is 0.165 e. The van der Waals surface area contributed by atoms with Gasteiger partial charge in [0.1, 0.15) is 19.3 Å². The van der Waals surface area contributed by atoms with E-state index in [1.807, 2.05) is 35.1 Å². The van der Waals surface area contributed by atoms with E-state index in [4.69, 9.17) is 24.5 Å². The number of fused-ring (bicyclic) bond motifs is 3. The fourth-order valence-electron chi connectivity index (χ4n) is 7.38. The lowest BCUT2D eigenvalue weighted by atomic mass is 9.78. The first kappa shape index (κ1) is 34.9. The quantitative estimate of drug-likeness (QED) is 0.0762.